The lowest BCUT2D eigenvalue weighted by molar-refractivity contribution is -0.472. The second kappa shape index (κ2) is 12.8. The number of esters is 7. The Morgan fingerprint density at radius 3 is 2.03 bits per heavy atom. The van der Waals surface area contributed by atoms with Gasteiger partial charge in [-0.05, 0) is 18.9 Å². The van der Waals surface area contributed by atoms with Gasteiger partial charge in [0.2, 0.25) is 17.8 Å². The number of hydrogen-bond donors (Lipinski definition) is 2. The van der Waals surface area contributed by atoms with Gasteiger partial charge in [0.1, 0.15) is 41.2 Å². The van der Waals surface area contributed by atoms with E-state index in [1.807, 2.05) is 0 Å². The van der Waals surface area contributed by atoms with Gasteiger partial charge >= 0.3 is 41.8 Å². The molecule has 8 fully saturated rings. The Morgan fingerprint density at radius 2 is 1.48 bits per heavy atom. The van der Waals surface area contributed by atoms with Crippen LogP contribution in [-0.2, 0) is 80.9 Å². The van der Waals surface area contributed by atoms with Gasteiger partial charge in [0.05, 0.1) is 42.3 Å². The Kier molecular flexibility index (Phi) is 8.86. The molecule has 1 aromatic heterocycles. The number of cyclic esters (lactones) is 1. The number of hydrogen-bond acceptors (Lipinski definition) is 20. The molecule has 17 atom stereocenters. The maximum Gasteiger partial charge on any atom is 0.348 e. The molecule has 344 valence electrons. The number of rotatable bonds is 10. The standard InChI is InChI=1S/C43H52O20/c1-17(2)29(48)59-28-32(51)58-26(22-12-13-54-14-22)38-16-39(28,38)43-34-41(60-30(49)18(3)4)33(57-21(7)46)35(8)15-40(41,52)36(9,24(35)23(31(50)53-11)55-19(5)44)42(43,62-37(10,61-34)63-43)25(47)27(38)56-20(6)45/h12-14,17-18,23-28,33-34,47,52H,15-16H2,1-11H3/t23-,24-,25+,26+,27+,28-,33+,34-,35+,36+,37+,38+,39+,40-,41-,42+,43+/m0/s1. The molecule has 5 saturated carbocycles. The number of carbonyl (C=O) groups is 7. The summed E-state index contributed by atoms with van der Waals surface area (Å²) in [4.78, 5) is 97.5. The molecule has 20 nitrogen and oxygen atoms in total. The zero-order valence-corrected chi connectivity index (χ0v) is 36.7. The van der Waals surface area contributed by atoms with Crippen molar-refractivity contribution >= 4 is 41.8 Å². The van der Waals surface area contributed by atoms with Crippen LogP contribution in [0.3, 0.4) is 0 Å². The number of furan rings is 1. The summed E-state index contributed by atoms with van der Waals surface area (Å²) in [5, 5.41) is 27.9. The largest absolute Gasteiger partial charge is 0.472 e. The fourth-order valence-electron chi connectivity index (χ4n) is 14.5. The van der Waals surface area contributed by atoms with Crippen molar-refractivity contribution in [3.05, 3.63) is 24.2 Å². The topological polar surface area (TPSA) is 265 Å². The third-order valence-corrected chi connectivity index (χ3v) is 16.0. The summed E-state index contributed by atoms with van der Waals surface area (Å²) in [5.74, 6) is -12.6. The molecule has 3 aliphatic heterocycles. The lowest BCUT2D eigenvalue weighted by Gasteiger charge is -2.77. The maximum absolute atomic E-state index is 14.9. The van der Waals surface area contributed by atoms with Gasteiger partial charge < -0.3 is 62.0 Å². The van der Waals surface area contributed by atoms with Gasteiger partial charge in [-0.2, -0.15) is 0 Å². The van der Waals surface area contributed by atoms with Crippen LogP contribution in [0.15, 0.2) is 23.0 Å². The Balaban J connectivity index is 1.47. The summed E-state index contributed by atoms with van der Waals surface area (Å²) >= 11 is 0. The van der Waals surface area contributed by atoms with Gasteiger partial charge in [0.25, 0.3) is 5.97 Å². The molecule has 0 aromatic carbocycles. The molecule has 1 spiro atoms. The van der Waals surface area contributed by atoms with E-state index in [1.54, 1.807) is 0 Å². The Hall–Kier alpha value is -4.63. The minimum Gasteiger partial charge on any atom is -0.472 e. The Morgan fingerprint density at radius 1 is 0.841 bits per heavy atom. The highest BCUT2D eigenvalue weighted by Gasteiger charge is 3.12. The first-order valence-electron chi connectivity index (χ1n) is 21.0. The molecule has 9 rings (SSSR count). The molecule has 2 N–H and O–H groups in total. The third kappa shape index (κ3) is 4.47. The third-order valence-electron chi connectivity index (χ3n) is 16.0. The van der Waals surface area contributed by atoms with Crippen molar-refractivity contribution in [1.29, 1.82) is 0 Å². The number of ether oxygens (including phenoxy) is 10. The monoisotopic (exact) mass is 888 g/mol. The molecule has 5 aliphatic carbocycles. The molecule has 63 heavy (non-hydrogen) atoms. The van der Waals surface area contributed by atoms with E-state index in [0.717, 1.165) is 27.9 Å². The first-order valence-corrected chi connectivity index (χ1v) is 21.0. The first-order chi connectivity index (χ1) is 29.2. The number of methoxy groups -OCH3 is 1. The van der Waals surface area contributed by atoms with E-state index in [0.29, 0.717) is 0 Å². The van der Waals surface area contributed by atoms with Crippen molar-refractivity contribution in [3.63, 3.8) is 0 Å². The first kappa shape index (κ1) is 43.6. The lowest BCUT2D eigenvalue weighted by Crippen LogP contribution is -2.97. The van der Waals surface area contributed by atoms with Crippen LogP contribution >= 0.6 is 0 Å². The summed E-state index contributed by atoms with van der Waals surface area (Å²) in [5.41, 5.74) is -18.2. The van der Waals surface area contributed by atoms with Crippen LogP contribution in [0.5, 0.6) is 0 Å². The van der Waals surface area contributed by atoms with Crippen LogP contribution in [0.25, 0.3) is 0 Å². The van der Waals surface area contributed by atoms with Gasteiger partial charge in [-0.15, -0.1) is 0 Å². The summed E-state index contributed by atoms with van der Waals surface area (Å²) in [6.07, 6.45) is -11.3. The fraction of sp³-hybridized carbons (Fsp3) is 0.744. The van der Waals surface area contributed by atoms with Crippen molar-refractivity contribution in [3.8, 4) is 0 Å². The second-order valence-corrected chi connectivity index (χ2v) is 19.7. The molecule has 0 radical (unpaired) electrons. The number of fused-ring (bicyclic) bond motifs is 3. The molecular formula is C43H52O20. The molecule has 3 saturated heterocycles. The highest BCUT2D eigenvalue weighted by atomic mass is 17.0. The van der Waals surface area contributed by atoms with Gasteiger partial charge in [0.15, 0.2) is 6.10 Å². The predicted molar refractivity (Wildman–Crippen MR) is 200 cm³/mol. The van der Waals surface area contributed by atoms with E-state index in [2.05, 4.69) is 0 Å². The Labute approximate surface area is 360 Å². The molecule has 4 heterocycles. The minimum atomic E-state index is -2.64. The molecule has 0 unspecified atom stereocenters. The predicted octanol–water partition coefficient (Wildman–Crippen LogP) is 1.49. The van der Waals surface area contributed by atoms with E-state index in [4.69, 9.17) is 51.8 Å². The van der Waals surface area contributed by atoms with Gasteiger partial charge in [-0.1, -0.05) is 41.5 Å². The average Bonchev–Trinajstić information content (AvgIpc) is 3.55. The summed E-state index contributed by atoms with van der Waals surface area (Å²) < 4.78 is 69.0. The number of aliphatic hydroxyl groups excluding tert-OH is 1. The lowest BCUT2D eigenvalue weighted by atomic mass is 9.33. The quantitative estimate of drug-likeness (QED) is 0.249. The normalized spacial score (nSPS) is 48.0. The van der Waals surface area contributed by atoms with Crippen LogP contribution in [0.2, 0.25) is 0 Å². The van der Waals surface area contributed by atoms with Gasteiger partial charge in [-0.3, -0.25) is 24.0 Å². The average molecular weight is 889 g/mol. The smallest absolute Gasteiger partial charge is 0.348 e. The summed E-state index contributed by atoms with van der Waals surface area (Å²) in [7, 11) is 1.04. The van der Waals surface area contributed by atoms with E-state index in [1.165, 1.54) is 67.1 Å². The highest BCUT2D eigenvalue weighted by molar-refractivity contribution is 5.86. The zero-order chi connectivity index (χ0) is 46.2. The second-order valence-electron chi connectivity index (χ2n) is 19.7. The summed E-state index contributed by atoms with van der Waals surface area (Å²) in [6, 6.07) is 1.49. The molecule has 4 bridgehead atoms. The molecule has 20 heteroatoms. The van der Waals surface area contributed by atoms with Crippen molar-refractivity contribution in [2.24, 2.45) is 39.4 Å². The van der Waals surface area contributed by atoms with Gasteiger partial charge in [0, 0.05) is 50.0 Å². The van der Waals surface area contributed by atoms with Gasteiger partial charge in [-0.25, -0.2) is 9.59 Å². The highest BCUT2D eigenvalue weighted by Crippen LogP contribution is 2.96. The molecule has 8 aliphatic rings. The van der Waals surface area contributed by atoms with Crippen LogP contribution < -0.4 is 0 Å². The van der Waals surface area contributed by atoms with Crippen LogP contribution in [-0.4, -0.2) is 124 Å². The van der Waals surface area contributed by atoms with Crippen molar-refractivity contribution in [2.45, 2.75) is 153 Å². The van der Waals surface area contributed by atoms with Crippen molar-refractivity contribution in [2.75, 3.05) is 7.11 Å². The minimum absolute atomic E-state index is 0.235. The number of carbonyl (C=O) groups excluding carboxylic acids is 7. The maximum atomic E-state index is 14.9. The van der Waals surface area contributed by atoms with E-state index >= 15 is 0 Å². The zero-order valence-electron chi connectivity index (χ0n) is 36.7. The molecule has 0 amide bonds. The van der Waals surface area contributed by atoms with Crippen LogP contribution in [0, 0.1) is 39.4 Å². The van der Waals surface area contributed by atoms with Crippen molar-refractivity contribution < 1.29 is 95.6 Å². The van der Waals surface area contributed by atoms with E-state index in [-0.39, 0.29) is 12.0 Å². The SMILES string of the molecule is COC(=O)[C@@H](OC(C)=O)[C@H]1[C@@]2(C)C[C@@]3(O)[C@](OC(=O)C(C)C)([C@@H]2OC(C)=O)[C@@H]2O[C@]4(C)O[C@]5([C@H](O)[C@@H](OC(C)=O)[C@]67C[C@]6([C@@H](OC(=O)C(C)C)C(=O)O[C@@H]7c6ccoc6)[C@]25O4)[C@]13C. The molecule has 1 aromatic rings. The van der Waals surface area contributed by atoms with Crippen LogP contribution in [0.1, 0.15) is 93.7 Å². The fourth-order valence-corrected chi connectivity index (χ4v) is 14.5. The molecular weight excluding hydrogens is 836 g/mol. The van der Waals surface area contributed by atoms with E-state index < -0.39 is 159 Å². The Bertz CT molecular complexity index is 2240. The van der Waals surface area contributed by atoms with Crippen molar-refractivity contribution in [1.82, 2.24) is 0 Å². The summed E-state index contributed by atoms with van der Waals surface area (Å²) in [6.45, 7) is 13.6. The number of aliphatic hydroxyl groups is 2. The van der Waals surface area contributed by atoms with E-state index in [9.17, 15) is 43.8 Å². The van der Waals surface area contributed by atoms with Crippen LogP contribution in [0.4, 0.5) is 0 Å².